The van der Waals surface area contributed by atoms with E-state index < -0.39 is 11.9 Å². The van der Waals surface area contributed by atoms with E-state index in [0.29, 0.717) is 17.7 Å². The predicted molar refractivity (Wildman–Crippen MR) is 72.0 cm³/mol. The Morgan fingerprint density at radius 1 is 1.05 bits per heavy atom. The standard InChI is InChI=1S/C8H4O3.C7H16O/c9-7-5-3-1-2-4-6(5)8(10)11-7;1-7(2)5-3-4-6-8/h1-4H;7-8H,3-6H2,1-2H3. The Morgan fingerprint density at radius 2 is 1.58 bits per heavy atom. The third kappa shape index (κ3) is 4.83. The van der Waals surface area contributed by atoms with Crippen LogP contribution in [0.4, 0.5) is 0 Å². The molecule has 0 bridgehead atoms. The Hall–Kier alpha value is -1.68. The minimum atomic E-state index is -0.550. The van der Waals surface area contributed by atoms with Gasteiger partial charge in [0, 0.05) is 6.61 Å². The Morgan fingerprint density at radius 3 is 2.00 bits per heavy atom. The summed E-state index contributed by atoms with van der Waals surface area (Å²) in [5.41, 5.74) is 0.718. The van der Waals surface area contributed by atoms with Gasteiger partial charge in [-0.2, -0.15) is 0 Å². The van der Waals surface area contributed by atoms with E-state index in [1.54, 1.807) is 24.3 Å². The number of esters is 2. The molecule has 1 aliphatic rings. The van der Waals surface area contributed by atoms with Crippen LogP contribution in [0.3, 0.4) is 0 Å². The highest BCUT2D eigenvalue weighted by atomic mass is 16.6. The van der Waals surface area contributed by atoms with Crippen LogP contribution >= 0.6 is 0 Å². The number of rotatable bonds is 4. The third-order valence-corrected chi connectivity index (χ3v) is 2.74. The maximum atomic E-state index is 10.8. The summed E-state index contributed by atoms with van der Waals surface area (Å²) < 4.78 is 4.35. The lowest BCUT2D eigenvalue weighted by Gasteiger charge is -2.00. The number of unbranched alkanes of at least 4 members (excludes halogenated alkanes) is 1. The molecule has 4 heteroatoms. The minimum Gasteiger partial charge on any atom is -0.396 e. The number of carbonyl (C=O) groups excluding carboxylic acids is 2. The lowest BCUT2D eigenvalue weighted by molar-refractivity contribution is 0.0444. The van der Waals surface area contributed by atoms with Gasteiger partial charge in [0.05, 0.1) is 11.1 Å². The summed E-state index contributed by atoms with van der Waals surface area (Å²) in [5, 5.41) is 8.38. The molecule has 0 fully saturated rings. The van der Waals surface area contributed by atoms with E-state index >= 15 is 0 Å². The van der Waals surface area contributed by atoms with Gasteiger partial charge in [0.25, 0.3) is 0 Å². The smallest absolute Gasteiger partial charge is 0.346 e. The number of hydrogen-bond acceptors (Lipinski definition) is 4. The maximum absolute atomic E-state index is 10.8. The Bertz CT molecular complexity index is 405. The first-order chi connectivity index (χ1) is 9.06. The Labute approximate surface area is 113 Å². The number of aliphatic hydroxyl groups is 1. The number of ether oxygens (including phenoxy) is 1. The summed E-state index contributed by atoms with van der Waals surface area (Å²) in [4.78, 5) is 21.7. The van der Waals surface area contributed by atoms with Gasteiger partial charge in [-0.05, 0) is 24.5 Å². The van der Waals surface area contributed by atoms with Crippen molar-refractivity contribution < 1.29 is 19.4 Å². The van der Waals surface area contributed by atoms with Crippen LogP contribution in [0.2, 0.25) is 0 Å². The topological polar surface area (TPSA) is 63.6 Å². The van der Waals surface area contributed by atoms with Crippen LogP contribution in [-0.4, -0.2) is 23.7 Å². The molecular formula is C15H20O4. The molecule has 1 aromatic rings. The molecule has 104 valence electrons. The van der Waals surface area contributed by atoms with Gasteiger partial charge < -0.3 is 9.84 Å². The number of aliphatic hydroxyl groups excluding tert-OH is 1. The molecular weight excluding hydrogens is 244 g/mol. The van der Waals surface area contributed by atoms with Crippen LogP contribution in [-0.2, 0) is 4.74 Å². The molecule has 0 saturated carbocycles. The van der Waals surface area contributed by atoms with Crippen LogP contribution in [0.5, 0.6) is 0 Å². The van der Waals surface area contributed by atoms with Crippen molar-refractivity contribution in [2.24, 2.45) is 5.92 Å². The Balaban J connectivity index is 0.000000203. The highest BCUT2D eigenvalue weighted by Crippen LogP contribution is 2.18. The number of fused-ring (bicyclic) bond motifs is 1. The van der Waals surface area contributed by atoms with Gasteiger partial charge in [0.15, 0.2) is 0 Å². The zero-order chi connectivity index (χ0) is 14.3. The molecule has 0 radical (unpaired) electrons. The Kier molecular flexibility index (Phi) is 6.22. The van der Waals surface area contributed by atoms with Crippen LogP contribution in [0, 0.1) is 5.92 Å². The number of benzene rings is 1. The summed E-state index contributed by atoms with van der Waals surface area (Å²) in [6.45, 7) is 4.77. The summed E-state index contributed by atoms with van der Waals surface area (Å²) in [5.74, 6) is -0.308. The highest BCUT2D eigenvalue weighted by Gasteiger charge is 2.28. The average molecular weight is 264 g/mol. The zero-order valence-corrected chi connectivity index (χ0v) is 11.4. The molecule has 0 aromatic heterocycles. The molecule has 0 unspecified atom stereocenters. The molecule has 1 aliphatic heterocycles. The largest absolute Gasteiger partial charge is 0.396 e. The first kappa shape index (κ1) is 15.4. The number of cyclic esters (lactones) is 2. The summed E-state index contributed by atoms with van der Waals surface area (Å²) in [6, 6.07) is 6.53. The molecule has 1 heterocycles. The van der Waals surface area contributed by atoms with Gasteiger partial charge >= 0.3 is 11.9 Å². The van der Waals surface area contributed by atoms with Crippen molar-refractivity contribution in [3.63, 3.8) is 0 Å². The SMILES string of the molecule is CC(C)CCCCO.O=C1OC(=O)c2ccccc21. The second kappa shape index (κ2) is 7.69. The van der Waals surface area contributed by atoms with Crippen molar-refractivity contribution in [1.29, 1.82) is 0 Å². The van der Waals surface area contributed by atoms with Crippen molar-refractivity contribution in [2.45, 2.75) is 33.1 Å². The lowest BCUT2D eigenvalue weighted by atomic mass is 10.1. The summed E-state index contributed by atoms with van der Waals surface area (Å²) >= 11 is 0. The van der Waals surface area contributed by atoms with E-state index in [9.17, 15) is 9.59 Å². The fourth-order valence-corrected chi connectivity index (χ4v) is 1.70. The highest BCUT2D eigenvalue weighted by molar-refractivity contribution is 6.14. The molecule has 4 nitrogen and oxygen atoms in total. The van der Waals surface area contributed by atoms with Crippen molar-refractivity contribution >= 4 is 11.9 Å². The van der Waals surface area contributed by atoms with Crippen LogP contribution < -0.4 is 0 Å². The van der Waals surface area contributed by atoms with E-state index in [4.69, 9.17) is 5.11 Å². The molecule has 1 aromatic carbocycles. The molecule has 0 aliphatic carbocycles. The minimum absolute atomic E-state index is 0.354. The van der Waals surface area contributed by atoms with Crippen molar-refractivity contribution in [3.8, 4) is 0 Å². The zero-order valence-electron chi connectivity index (χ0n) is 11.4. The normalized spacial score (nSPS) is 12.8. The lowest BCUT2D eigenvalue weighted by Crippen LogP contribution is -1.96. The van der Waals surface area contributed by atoms with Gasteiger partial charge in [0.1, 0.15) is 0 Å². The average Bonchev–Trinajstić information content (AvgIpc) is 2.67. The molecule has 0 atom stereocenters. The van der Waals surface area contributed by atoms with Crippen molar-refractivity contribution in [2.75, 3.05) is 6.61 Å². The first-order valence-electron chi connectivity index (χ1n) is 6.52. The van der Waals surface area contributed by atoms with E-state index in [1.807, 2.05) is 0 Å². The van der Waals surface area contributed by atoms with Gasteiger partial charge in [-0.1, -0.05) is 38.8 Å². The van der Waals surface area contributed by atoms with Crippen LogP contribution in [0.15, 0.2) is 24.3 Å². The van der Waals surface area contributed by atoms with Crippen LogP contribution in [0.25, 0.3) is 0 Å². The molecule has 1 N–H and O–H groups in total. The van der Waals surface area contributed by atoms with Gasteiger partial charge in [0.2, 0.25) is 0 Å². The summed E-state index contributed by atoms with van der Waals surface area (Å²) in [6.07, 6.45) is 3.40. The monoisotopic (exact) mass is 264 g/mol. The molecule has 19 heavy (non-hydrogen) atoms. The van der Waals surface area contributed by atoms with Gasteiger partial charge in [-0.25, -0.2) is 9.59 Å². The number of hydrogen-bond donors (Lipinski definition) is 1. The van der Waals surface area contributed by atoms with Gasteiger partial charge in [-0.3, -0.25) is 0 Å². The number of carbonyl (C=O) groups is 2. The summed E-state index contributed by atoms with van der Waals surface area (Å²) in [7, 11) is 0. The second-order valence-corrected chi connectivity index (χ2v) is 4.84. The van der Waals surface area contributed by atoms with E-state index in [2.05, 4.69) is 18.6 Å². The van der Waals surface area contributed by atoms with E-state index in [-0.39, 0.29) is 0 Å². The fraction of sp³-hybridized carbons (Fsp3) is 0.467. The molecule has 2 rings (SSSR count). The first-order valence-corrected chi connectivity index (χ1v) is 6.52. The molecule has 0 saturated heterocycles. The van der Waals surface area contributed by atoms with Crippen molar-refractivity contribution in [3.05, 3.63) is 35.4 Å². The van der Waals surface area contributed by atoms with Crippen LogP contribution in [0.1, 0.15) is 53.8 Å². The van der Waals surface area contributed by atoms with E-state index in [1.165, 1.54) is 12.8 Å². The van der Waals surface area contributed by atoms with E-state index in [0.717, 1.165) is 12.3 Å². The third-order valence-electron chi connectivity index (χ3n) is 2.74. The molecule has 0 spiro atoms. The predicted octanol–water partition coefficient (Wildman–Crippen LogP) is 2.80. The fourth-order valence-electron chi connectivity index (χ4n) is 1.70. The van der Waals surface area contributed by atoms with Crippen molar-refractivity contribution in [1.82, 2.24) is 0 Å². The second-order valence-electron chi connectivity index (χ2n) is 4.84. The maximum Gasteiger partial charge on any atom is 0.346 e. The quantitative estimate of drug-likeness (QED) is 0.516. The van der Waals surface area contributed by atoms with Gasteiger partial charge in [-0.15, -0.1) is 0 Å². The molecule has 0 amide bonds.